The number of hydrogen-bond donors (Lipinski definition) is 1. The Labute approximate surface area is 136 Å². The molecular weight excluding hydrogens is 288 g/mol. The van der Waals surface area contributed by atoms with E-state index >= 15 is 0 Å². The molecule has 6 heteroatoms. The average molecular weight is 310 g/mol. The van der Waals surface area contributed by atoms with Gasteiger partial charge in [-0.05, 0) is 32.9 Å². The minimum atomic E-state index is 0.0551. The van der Waals surface area contributed by atoms with Crippen molar-refractivity contribution >= 4 is 16.9 Å². The summed E-state index contributed by atoms with van der Waals surface area (Å²) in [7, 11) is 0. The molecule has 3 rings (SSSR count). The third kappa shape index (κ3) is 2.88. The summed E-state index contributed by atoms with van der Waals surface area (Å²) in [5.41, 5.74) is 3.81. The van der Waals surface area contributed by atoms with Gasteiger partial charge >= 0.3 is 0 Å². The SMILES string of the molecule is CCc1nc(N[C@@H](C)c2ccccn2)c2c(n1)c(C)nn2CC. The van der Waals surface area contributed by atoms with E-state index in [9.17, 15) is 0 Å². The number of rotatable bonds is 5. The van der Waals surface area contributed by atoms with Crippen LogP contribution in [0.25, 0.3) is 11.0 Å². The molecular formula is C17H22N6. The molecule has 0 aromatic carbocycles. The van der Waals surface area contributed by atoms with E-state index in [1.54, 1.807) is 6.20 Å². The molecule has 1 atom stereocenters. The average Bonchev–Trinajstić information content (AvgIpc) is 2.92. The summed E-state index contributed by atoms with van der Waals surface area (Å²) in [6.45, 7) is 9.00. The number of anilines is 1. The van der Waals surface area contributed by atoms with Crippen molar-refractivity contribution in [3.05, 3.63) is 41.6 Å². The van der Waals surface area contributed by atoms with Gasteiger partial charge in [-0.1, -0.05) is 13.0 Å². The van der Waals surface area contributed by atoms with Crippen molar-refractivity contribution in [1.29, 1.82) is 0 Å². The molecule has 23 heavy (non-hydrogen) atoms. The number of pyridine rings is 1. The third-order valence-corrected chi connectivity index (χ3v) is 3.90. The Bertz CT molecular complexity index is 809. The van der Waals surface area contributed by atoms with E-state index in [0.29, 0.717) is 0 Å². The van der Waals surface area contributed by atoms with Crippen molar-refractivity contribution in [2.45, 2.75) is 46.7 Å². The van der Waals surface area contributed by atoms with E-state index in [4.69, 9.17) is 4.98 Å². The van der Waals surface area contributed by atoms with E-state index < -0.39 is 0 Å². The molecule has 0 bridgehead atoms. The standard InChI is InChI=1S/C17H22N6/c1-5-14-20-15-12(4)22-23(6-2)16(15)17(21-14)19-11(3)13-9-7-8-10-18-13/h7-11H,5-6H2,1-4H3,(H,19,20,21)/t11-/m0/s1. The van der Waals surface area contributed by atoms with Crippen LogP contribution in [0.1, 0.15) is 44.0 Å². The second-order valence-corrected chi connectivity index (χ2v) is 5.56. The van der Waals surface area contributed by atoms with Gasteiger partial charge in [0.2, 0.25) is 0 Å². The van der Waals surface area contributed by atoms with Gasteiger partial charge < -0.3 is 5.32 Å². The number of nitrogens with zero attached hydrogens (tertiary/aromatic N) is 5. The Kier molecular flexibility index (Phi) is 4.23. The molecule has 3 heterocycles. The summed E-state index contributed by atoms with van der Waals surface area (Å²) in [6.07, 6.45) is 2.60. The first-order valence-corrected chi connectivity index (χ1v) is 8.05. The number of aryl methyl sites for hydroxylation is 3. The maximum absolute atomic E-state index is 4.70. The molecule has 0 spiro atoms. The highest BCUT2D eigenvalue weighted by molar-refractivity contribution is 5.87. The van der Waals surface area contributed by atoms with Crippen molar-refractivity contribution < 1.29 is 0 Å². The van der Waals surface area contributed by atoms with Crippen LogP contribution in [-0.4, -0.2) is 24.7 Å². The van der Waals surface area contributed by atoms with Gasteiger partial charge in [0, 0.05) is 19.2 Å². The zero-order chi connectivity index (χ0) is 16.4. The van der Waals surface area contributed by atoms with Gasteiger partial charge in [0.15, 0.2) is 5.82 Å². The zero-order valence-corrected chi connectivity index (χ0v) is 14.0. The Morgan fingerprint density at radius 1 is 1.22 bits per heavy atom. The molecule has 0 radical (unpaired) electrons. The normalized spacial score (nSPS) is 12.5. The Morgan fingerprint density at radius 2 is 2.04 bits per heavy atom. The van der Waals surface area contributed by atoms with Crippen LogP contribution < -0.4 is 5.32 Å². The predicted octanol–water partition coefficient (Wildman–Crippen LogP) is 3.29. The van der Waals surface area contributed by atoms with Gasteiger partial charge in [-0.3, -0.25) is 9.67 Å². The monoisotopic (exact) mass is 310 g/mol. The summed E-state index contributed by atoms with van der Waals surface area (Å²) in [6, 6.07) is 5.98. The molecule has 0 aliphatic heterocycles. The molecule has 1 N–H and O–H groups in total. The fraction of sp³-hybridized carbons (Fsp3) is 0.412. The van der Waals surface area contributed by atoms with Crippen molar-refractivity contribution in [2.24, 2.45) is 0 Å². The van der Waals surface area contributed by atoms with E-state index in [-0.39, 0.29) is 6.04 Å². The summed E-state index contributed by atoms with van der Waals surface area (Å²) < 4.78 is 1.96. The Hall–Kier alpha value is -2.50. The molecule has 3 aromatic heterocycles. The van der Waals surface area contributed by atoms with Gasteiger partial charge in [0.05, 0.1) is 17.4 Å². The first-order valence-electron chi connectivity index (χ1n) is 8.05. The van der Waals surface area contributed by atoms with Gasteiger partial charge in [0.1, 0.15) is 16.9 Å². The van der Waals surface area contributed by atoms with Crippen molar-refractivity contribution in [2.75, 3.05) is 5.32 Å². The van der Waals surface area contributed by atoms with Crippen LogP contribution in [0.15, 0.2) is 24.4 Å². The smallest absolute Gasteiger partial charge is 0.156 e. The highest BCUT2D eigenvalue weighted by Gasteiger charge is 2.17. The Balaban J connectivity index is 2.08. The van der Waals surface area contributed by atoms with Crippen LogP contribution >= 0.6 is 0 Å². The van der Waals surface area contributed by atoms with E-state index in [0.717, 1.165) is 47.0 Å². The molecule has 0 amide bonds. The van der Waals surface area contributed by atoms with Gasteiger partial charge in [-0.15, -0.1) is 0 Å². The van der Waals surface area contributed by atoms with E-state index in [2.05, 4.69) is 41.2 Å². The minimum Gasteiger partial charge on any atom is -0.360 e. The van der Waals surface area contributed by atoms with Gasteiger partial charge in [-0.2, -0.15) is 5.10 Å². The molecule has 0 unspecified atom stereocenters. The highest BCUT2D eigenvalue weighted by Crippen LogP contribution is 2.26. The predicted molar refractivity (Wildman–Crippen MR) is 91.4 cm³/mol. The molecule has 0 fully saturated rings. The topological polar surface area (TPSA) is 68.5 Å². The van der Waals surface area contributed by atoms with Crippen LogP contribution in [0.2, 0.25) is 0 Å². The largest absolute Gasteiger partial charge is 0.360 e. The summed E-state index contributed by atoms with van der Waals surface area (Å²) in [5.74, 6) is 1.65. The fourth-order valence-corrected chi connectivity index (χ4v) is 2.68. The molecule has 0 saturated carbocycles. The lowest BCUT2D eigenvalue weighted by atomic mass is 10.2. The molecule has 120 valence electrons. The molecule has 0 aliphatic carbocycles. The van der Waals surface area contributed by atoms with E-state index in [1.807, 2.05) is 29.8 Å². The van der Waals surface area contributed by atoms with Crippen LogP contribution in [0.5, 0.6) is 0 Å². The quantitative estimate of drug-likeness (QED) is 0.783. The Morgan fingerprint density at radius 3 is 2.70 bits per heavy atom. The van der Waals surface area contributed by atoms with Gasteiger partial charge in [0.25, 0.3) is 0 Å². The summed E-state index contributed by atoms with van der Waals surface area (Å²) in [4.78, 5) is 13.8. The molecule has 0 aliphatic rings. The van der Waals surface area contributed by atoms with Crippen molar-refractivity contribution in [3.63, 3.8) is 0 Å². The maximum Gasteiger partial charge on any atom is 0.156 e. The first-order chi connectivity index (χ1) is 11.1. The lowest BCUT2D eigenvalue weighted by Crippen LogP contribution is -2.12. The second-order valence-electron chi connectivity index (χ2n) is 5.56. The molecule has 6 nitrogen and oxygen atoms in total. The number of hydrogen-bond acceptors (Lipinski definition) is 5. The molecule has 0 saturated heterocycles. The fourth-order valence-electron chi connectivity index (χ4n) is 2.68. The first kappa shape index (κ1) is 15.4. The van der Waals surface area contributed by atoms with Crippen LogP contribution in [-0.2, 0) is 13.0 Å². The van der Waals surface area contributed by atoms with Crippen molar-refractivity contribution in [3.8, 4) is 0 Å². The van der Waals surface area contributed by atoms with Crippen LogP contribution in [0.3, 0.4) is 0 Å². The van der Waals surface area contributed by atoms with Crippen LogP contribution in [0.4, 0.5) is 5.82 Å². The zero-order valence-electron chi connectivity index (χ0n) is 14.0. The summed E-state index contributed by atoms with van der Waals surface area (Å²) in [5, 5.41) is 8.07. The lowest BCUT2D eigenvalue weighted by Gasteiger charge is -2.16. The lowest BCUT2D eigenvalue weighted by molar-refractivity contribution is 0.674. The van der Waals surface area contributed by atoms with E-state index in [1.165, 1.54) is 0 Å². The highest BCUT2D eigenvalue weighted by atomic mass is 15.3. The number of fused-ring (bicyclic) bond motifs is 1. The second kappa shape index (κ2) is 6.32. The van der Waals surface area contributed by atoms with Gasteiger partial charge in [-0.25, -0.2) is 9.97 Å². The van der Waals surface area contributed by atoms with Crippen molar-refractivity contribution in [1.82, 2.24) is 24.7 Å². The molecule has 3 aromatic rings. The number of aromatic nitrogens is 5. The maximum atomic E-state index is 4.70. The minimum absolute atomic E-state index is 0.0551. The number of nitrogens with one attached hydrogen (secondary N) is 1. The van der Waals surface area contributed by atoms with Crippen LogP contribution in [0, 0.1) is 6.92 Å². The summed E-state index contributed by atoms with van der Waals surface area (Å²) >= 11 is 0. The third-order valence-electron chi connectivity index (χ3n) is 3.90.